The van der Waals surface area contributed by atoms with E-state index in [1.54, 1.807) is 0 Å². The van der Waals surface area contributed by atoms with Crippen molar-refractivity contribution in [3.8, 4) is 0 Å². The number of fused-ring (bicyclic) bond motifs is 4. The van der Waals surface area contributed by atoms with E-state index >= 15 is 0 Å². The highest BCUT2D eigenvalue weighted by Gasteiger charge is 2.28. The number of unbranched alkanes of at least 4 members (excludes halogenated alkanes) is 1. The molecular weight excluding hydrogens is 452 g/mol. The lowest BCUT2D eigenvalue weighted by molar-refractivity contribution is 0.0746. The Bertz CT molecular complexity index is 1390. The van der Waals surface area contributed by atoms with E-state index in [0.717, 1.165) is 61.4 Å². The number of amides is 1. The molecule has 0 spiro atoms. The van der Waals surface area contributed by atoms with Crippen molar-refractivity contribution in [1.29, 1.82) is 0 Å². The summed E-state index contributed by atoms with van der Waals surface area (Å²) in [6, 6.07) is 14.2. The van der Waals surface area contributed by atoms with E-state index in [9.17, 15) is 4.79 Å². The summed E-state index contributed by atoms with van der Waals surface area (Å²) in [5.74, 6) is 2.21. The first-order valence-electron chi connectivity index (χ1n) is 13.1. The number of rotatable bonds is 5. The van der Waals surface area contributed by atoms with E-state index in [2.05, 4.69) is 24.0 Å². The van der Waals surface area contributed by atoms with Crippen LogP contribution in [0.1, 0.15) is 59.2 Å². The molecule has 1 aliphatic heterocycles. The summed E-state index contributed by atoms with van der Waals surface area (Å²) in [5.41, 5.74) is 2.26. The fraction of sp³-hybridized carbons (Fsp3) is 0.414. The monoisotopic (exact) mass is 484 g/mol. The Morgan fingerprint density at radius 3 is 2.60 bits per heavy atom. The number of hydrogen-bond acceptors (Lipinski definition) is 5. The summed E-state index contributed by atoms with van der Waals surface area (Å²) in [6.07, 6.45) is 8.04. The first-order chi connectivity index (χ1) is 17.2. The first-order valence-corrected chi connectivity index (χ1v) is 13.9. The fourth-order valence-corrected chi connectivity index (χ4v) is 6.76. The van der Waals surface area contributed by atoms with Gasteiger partial charge in [-0.1, -0.05) is 43.7 Å². The highest BCUT2D eigenvalue weighted by atomic mass is 32.1. The fourth-order valence-electron chi connectivity index (χ4n) is 5.48. The molecule has 3 heterocycles. The van der Waals surface area contributed by atoms with Gasteiger partial charge in [0.2, 0.25) is 0 Å². The largest absolute Gasteiger partial charge is 0.352 e. The lowest BCUT2D eigenvalue weighted by atomic mass is 9.96. The average molecular weight is 485 g/mol. The molecule has 2 aliphatic rings. The van der Waals surface area contributed by atoms with Gasteiger partial charge < -0.3 is 9.80 Å². The topological polar surface area (TPSA) is 49.3 Å². The highest BCUT2D eigenvalue weighted by molar-refractivity contribution is 7.19. The Balaban J connectivity index is 1.26. The van der Waals surface area contributed by atoms with Crippen LogP contribution in [0.25, 0.3) is 21.0 Å². The normalized spacial score (nSPS) is 16.1. The lowest BCUT2D eigenvalue weighted by Gasteiger charge is -2.36. The van der Waals surface area contributed by atoms with Gasteiger partial charge in [-0.3, -0.25) is 4.79 Å². The van der Waals surface area contributed by atoms with Crippen molar-refractivity contribution in [2.45, 2.75) is 51.9 Å². The van der Waals surface area contributed by atoms with E-state index in [-0.39, 0.29) is 5.91 Å². The van der Waals surface area contributed by atoms with Gasteiger partial charge in [-0.05, 0) is 60.6 Å². The van der Waals surface area contributed by atoms with Crippen LogP contribution in [0.4, 0.5) is 5.82 Å². The van der Waals surface area contributed by atoms with Gasteiger partial charge in [0.05, 0.1) is 5.39 Å². The minimum atomic E-state index is 0.125. The molecule has 0 bridgehead atoms. The van der Waals surface area contributed by atoms with Gasteiger partial charge >= 0.3 is 0 Å². The third kappa shape index (κ3) is 4.29. The van der Waals surface area contributed by atoms with Crippen LogP contribution in [0.5, 0.6) is 0 Å². The smallest absolute Gasteiger partial charge is 0.253 e. The van der Waals surface area contributed by atoms with Crippen molar-refractivity contribution in [3.63, 3.8) is 0 Å². The zero-order chi connectivity index (χ0) is 23.8. The van der Waals surface area contributed by atoms with Gasteiger partial charge in [0.15, 0.2) is 0 Å². The van der Waals surface area contributed by atoms with Crippen molar-refractivity contribution >= 4 is 44.1 Å². The van der Waals surface area contributed by atoms with Crippen LogP contribution in [-0.2, 0) is 19.3 Å². The van der Waals surface area contributed by atoms with Crippen LogP contribution in [0, 0.1) is 0 Å². The summed E-state index contributed by atoms with van der Waals surface area (Å²) in [7, 11) is 0. The molecule has 0 unspecified atom stereocenters. The average Bonchev–Trinajstić information content (AvgIpc) is 3.29. The van der Waals surface area contributed by atoms with Crippen molar-refractivity contribution in [2.24, 2.45) is 0 Å². The number of carbonyl (C=O) groups is 1. The predicted molar refractivity (Wildman–Crippen MR) is 145 cm³/mol. The maximum atomic E-state index is 13.3. The molecule has 0 radical (unpaired) electrons. The minimum absolute atomic E-state index is 0.125. The third-order valence-electron chi connectivity index (χ3n) is 7.46. The van der Waals surface area contributed by atoms with Crippen LogP contribution in [0.2, 0.25) is 0 Å². The van der Waals surface area contributed by atoms with Gasteiger partial charge in [-0.2, -0.15) is 0 Å². The maximum absolute atomic E-state index is 13.3. The number of carbonyl (C=O) groups excluding carboxylic acids is 1. The van der Waals surface area contributed by atoms with Gasteiger partial charge in [-0.25, -0.2) is 9.97 Å². The number of anilines is 1. The van der Waals surface area contributed by atoms with E-state index in [1.165, 1.54) is 45.3 Å². The second-order valence-corrected chi connectivity index (χ2v) is 10.9. The molecule has 1 amide bonds. The summed E-state index contributed by atoms with van der Waals surface area (Å²) < 4.78 is 0. The van der Waals surface area contributed by atoms with Crippen molar-refractivity contribution in [2.75, 3.05) is 31.1 Å². The van der Waals surface area contributed by atoms with Gasteiger partial charge in [0.1, 0.15) is 16.5 Å². The van der Waals surface area contributed by atoms with Crippen LogP contribution < -0.4 is 4.90 Å². The second kappa shape index (κ2) is 9.57. The van der Waals surface area contributed by atoms with E-state index < -0.39 is 0 Å². The zero-order valence-corrected chi connectivity index (χ0v) is 21.2. The standard InChI is InChI=1S/C29H32N4OS/c1-2-3-12-25-30-27(26-23-10-6-7-11-24(23)35-28(26)31-25)32-15-17-33(18-16-32)29(34)22-14-13-20-8-4-5-9-21(20)19-22/h4-5,8-9,13-14,19H,2-3,6-7,10-12,15-18H2,1H3. The Morgan fingerprint density at radius 2 is 1.77 bits per heavy atom. The number of aryl methyl sites for hydroxylation is 3. The Kier molecular flexibility index (Phi) is 6.15. The number of hydrogen-bond donors (Lipinski definition) is 0. The van der Waals surface area contributed by atoms with Gasteiger partial charge in [0, 0.05) is 43.0 Å². The first kappa shape index (κ1) is 22.5. The van der Waals surface area contributed by atoms with Crippen molar-refractivity contribution in [3.05, 3.63) is 64.3 Å². The molecule has 4 aromatic rings. The predicted octanol–water partition coefficient (Wildman–Crippen LogP) is 6.03. The minimum Gasteiger partial charge on any atom is -0.352 e. The number of thiophene rings is 1. The van der Waals surface area contributed by atoms with Gasteiger partial charge in [0.25, 0.3) is 5.91 Å². The van der Waals surface area contributed by atoms with E-state index in [0.29, 0.717) is 13.1 Å². The van der Waals surface area contributed by atoms with E-state index in [4.69, 9.17) is 9.97 Å². The Labute approximate surface area is 210 Å². The highest BCUT2D eigenvalue weighted by Crippen LogP contribution is 2.40. The number of piperazine rings is 1. The number of aromatic nitrogens is 2. The number of nitrogens with zero attached hydrogens (tertiary/aromatic N) is 4. The molecule has 1 fully saturated rings. The van der Waals surface area contributed by atoms with Gasteiger partial charge in [-0.15, -0.1) is 11.3 Å². The molecule has 1 aliphatic carbocycles. The second-order valence-electron chi connectivity index (χ2n) is 9.80. The molecule has 6 rings (SSSR count). The van der Waals surface area contributed by atoms with Crippen LogP contribution in [-0.4, -0.2) is 47.0 Å². The Morgan fingerprint density at radius 1 is 0.971 bits per heavy atom. The molecule has 1 saturated heterocycles. The summed E-state index contributed by atoms with van der Waals surface area (Å²) in [6.45, 7) is 5.27. The quantitative estimate of drug-likeness (QED) is 0.347. The van der Waals surface area contributed by atoms with Crippen LogP contribution in [0.3, 0.4) is 0 Å². The SMILES string of the molecule is CCCCc1nc(N2CCN(C(=O)c3ccc4ccccc4c3)CC2)c2c3c(sc2n1)CCCC3. The van der Waals surface area contributed by atoms with Crippen molar-refractivity contribution in [1.82, 2.24) is 14.9 Å². The summed E-state index contributed by atoms with van der Waals surface area (Å²) >= 11 is 1.89. The van der Waals surface area contributed by atoms with Crippen LogP contribution in [0.15, 0.2) is 42.5 Å². The molecule has 0 saturated carbocycles. The molecular formula is C29H32N4OS. The third-order valence-corrected chi connectivity index (χ3v) is 8.64. The molecule has 6 heteroatoms. The summed E-state index contributed by atoms with van der Waals surface area (Å²) in [4.78, 5) is 30.5. The molecule has 35 heavy (non-hydrogen) atoms. The summed E-state index contributed by atoms with van der Waals surface area (Å²) in [5, 5.41) is 3.57. The maximum Gasteiger partial charge on any atom is 0.253 e. The van der Waals surface area contributed by atoms with Crippen molar-refractivity contribution < 1.29 is 4.79 Å². The lowest BCUT2D eigenvalue weighted by Crippen LogP contribution is -2.49. The number of benzene rings is 2. The molecule has 0 atom stereocenters. The Hall–Kier alpha value is -2.99. The molecule has 2 aromatic heterocycles. The van der Waals surface area contributed by atoms with Crippen LogP contribution >= 0.6 is 11.3 Å². The molecule has 2 aromatic carbocycles. The van der Waals surface area contributed by atoms with E-state index in [1.807, 2.05) is 46.6 Å². The molecule has 5 nitrogen and oxygen atoms in total. The molecule has 180 valence electrons. The zero-order valence-electron chi connectivity index (χ0n) is 20.4. The molecule has 0 N–H and O–H groups in total.